The van der Waals surface area contributed by atoms with Crippen LogP contribution in [0.15, 0.2) is 12.1 Å². The molecular formula is C14H17F2NO2. The molecule has 1 aromatic carbocycles. The molecule has 1 aromatic rings. The van der Waals surface area contributed by atoms with Crippen molar-refractivity contribution in [3.05, 3.63) is 29.3 Å². The molecule has 0 aromatic heterocycles. The first kappa shape index (κ1) is 13.9. The van der Waals surface area contributed by atoms with Crippen LogP contribution in [0, 0.1) is 17.6 Å². The molecule has 3 nitrogen and oxygen atoms in total. The van der Waals surface area contributed by atoms with Crippen molar-refractivity contribution in [1.82, 2.24) is 0 Å². The molecule has 1 fully saturated rings. The minimum Gasteiger partial charge on any atom is -0.379 e. The molecule has 104 valence electrons. The summed E-state index contributed by atoms with van der Waals surface area (Å²) in [6.07, 6.45) is 1.21. The number of anilines is 1. The summed E-state index contributed by atoms with van der Waals surface area (Å²) in [6.45, 7) is 3.09. The second kappa shape index (κ2) is 5.65. The lowest BCUT2D eigenvalue weighted by Crippen LogP contribution is -2.44. The van der Waals surface area contributed by atoms with Gasteiger partial charge in [-0.1, -0.05) is 6.92 Å². The lowest BCUT2D eigenvalue weighted by molar-refractivity contribution is 0.0495. The molecule has 0 amide bonds. The fraction of sp³-hybridized carbons (Fsp3) is 0.500. The number of carbonyl (C=O) groups excluding carboxylic acids is 1. The highest BCUT2D eigenvalue weighted by Gasteiger charge is 2.29. The summed E-state index contributed by atoms with van der Waals surface area (Å²) < 4.78 is 33.2. The Morgan fingerprint density at radius 3 is 2.53 bits per heavy atom. The predicted molar refractivity (Wildman–Crippen MR) is 68.5 cm³/mol. The Kier molecular flexibility index (Phi) is 4.14. The number of aldehydes is 1. The molecule has 0 radical (unpaired) electrons. The van der Waals surface area contributed by atoms with E-state index in [9.17, 15) is 13.6 Å². The standard InChI is InChI=1S/C14H17F2NO2/c1-9-3-4-17(7-13(9)19-2)14-11(15)5-10(8-18)6-12(14)16/h5-6,8-9,13H,3-4,7H2,1-2H3. The van der Waals surface area contributed by atoms with Gasteiger partial charge in [0.25, 0.3) is 0 Å². The summed E-state index contributed by atoms with van der Waals surface area (Å²) in [5.74, 6) is -1.04. The fourth-order valence-electron chi connectivity index (χ4n) is 2.50. The lowest BCUT2D eigenvalue weighted by Gasteiger charge is -2.37. The minimum absolute atomic E-state index is 0.00687. The van der Waals surface area contributed by atoms with Crippen molar-refractivity contribution in [2.24, 2.45) is 5.92 Å². The van der Waals surface area contributed by atoms with Crippen molar-refractivity contribution in [3.63, 3.8) is 0 Å². The number of benzene rings is 1. The zero-order chi connectivity index (χ0) is 14.0. The third-order valence-electron chi connectivity index (χ3n) is 3.68. The summed E-state index contributed by atoms with van der Waals surface area (Å²) in [5.41, 5.74) is -0.0630. The van der Waals surface area contributed by atoms with Crippen LogP contribution in [0.3, 0.4) is 0 Å². The van der Waals surface area contributed by atoms with Gasteiger partial charge in [0.05, 0.1) is 6.10 Å². The molecule has 0 spiro atoms. The van der Waals surface area contributed by atoms with Gasteiger partial charge in [-0.15, -0.1) is 0 Å². The number of hydrogen-bond donors (Lipinski definition) is 0. The van der Waals surface area contributed by atoms with Crippen LogP contribution in [0.5, 0.6) is 0 Å². The normalized spacial score (nSPS) is 23.5. The topological polar surface area (TPSA) is 29.5 Å². The summed E-state index contributed by atoms with van der Waals surface area (Å²) >= 11 is 0. The average molecular weight is 269 g/mol. The molecule has 1 aliphatic rings. The van der Waals surface area contributed by atoms with Crippen LogP contribution in [-0.4, -0.2) is 32.6 Å². The number of carbonyl (C=O) groups is 1. The maximum atomic E-state index is 13.9. The van der Waals surface area contributed by atoms with E-state index < -0.39 is 11.6 Å². The zero-order valence-corrected chi connectivity index (χ0v) is 11.0. The number of hydrogen-bond acceptors (Lipinski definition) is 3. The highest BCUT2D eigenvalue weighted by molar-refractivity contribution is 5.76. The third-order valence-corrected chi connectivity index (χ3v) is 3.68. The quantitative estimate of drug-likeness (QED) is 0.790. The highest BCUT2D eigenvalue weighted by Crippen LogP contribution is 2.29. The summed E-state index contributed by atoms with van der Waals surface area (Å²) in [6, 6.07) is 2.12. The first-order valence-corrected chi connectivity index (χ1v) is 6.28. The van der Waals surface area contributed by atoms with Crippen molar-refractivity contribution in [1.29, 1.82) is 0 Å². The highest BCUT2D eigenvalue weighted by atomic mass is 19.1. The van der Waals surface area contributed by atoms with Gasteiger partial charge in [0, 0.05) is 25.8 Å². The van der Waals surface area contributed by atoms with E-state index in [1.165, 1.54) is 0 Å². The summed E-state index contributed by atoms with van der Waals surface area (Å²) in [7, 11) is 1.60. The zero-order valence-electron chi connectivity index (χ0n) is 11.0. The molecule has 2 rings (SSSR count). The van der Waals surface area contributed by atoms with Crippen LogP contribution >= 0.6 is 0 Å². The largest absolute Gasteiger partial charge is 0.379 e. The number of ether oxygens (including phenoxy) is 1. The Bertz CT molecular complexity index is 456. The number of halogens is 2. The fourth-order valence-corrected chi connectivity index (χ4v) is 2.50. The minimum atomic E-state index is -0.702. The number of piperidine rings is 1. The predicted octanol–water partition coefficient (Wildman–Crippen LogP) is 2.64. The van der Waals surface area contributed by atoms with Crippen LogP contribution in [0.25, 0.3) is 0 Å². The van der Waals surface area contributed by atoms with Gasteiger partial charge in [-0.3, -0.25) is 4.79 Å². The van der Waals surface area contributed by atoms with Gasteiger partial charge in [0.1, 0.15) is 23.6 Å². The average Bonchev–Trinajstić information content (AvgIpc) is 2.39. The van der Waals surface area contributed by atoms with Gasteiger partial charge in [-0.05, 0) is 24.5 Å². The van der Waals surface area contributed by atoms with Crippen molar-refractivity contribution >= 4 is 12.0 Å². The summed E-state index contributed by atoms with van der Waals surface area (Å²) in [4.78, 5) is 12.2. The van der Waals surface area contributed by atoms with Crippen LogP contribution < -0.4 is 4.90 Å². The van der Waals surface area contributed by atoms with Gasteiger partial charge in [0.15, 0.2) is 0 Å². The smallest absolute Gasteiger partial charge is 0.150 e. The van der Waals surface area contributed by atoms with Crippen LogP contribution in [0.4, 0.5) is 14.5 Å². The molecule has 5 heteroatoms. The maximum absolute atomic E-state index is 13.9. The van der Waals surface area contributed by atoms with E-state index >= 15 is 0 Å². The molecular weight excluding hydrogens is 252 g/mol. The van der Waals surface area contributed by atoms with E-state index in [0.717, 1.165) is 18.6 Å². The van der Waals surface area contributed by atoms with Crippen molar-refractivity contribution < 1.29 is 18.3 Å². The lowest BCUT2D eigenvalue weighted by atomic mass is 9.95. The van der Waals surface area contributed by atoms with E-state index in [2.05, 4.69) is 6.92 Å². The molecule has 19 heavy (non-hydrogen) atoms. The van der Waals surface area contributed by atoms with E-state index in [4.69, 9.17) is 4.74 Å². The number of rotatable bonds is 3. The molecule has 2 unspecified atom stereocenters. The second-order valence-electron chi connectivity index (χ2n) is 4.94. The molecule has 0 bridgehead atoms. The van der Waals surface area contributed by atoms with Crippen LogP contribution in [0.2, 0.25) is 0 Å². The van der Waals surface area contributed by atoms with E-state index in [0.29, 0.717) is 25.3 Å². The van der Waals surface area contributed by atoms with Gasteiger partial charge < -0.3 is 9.64 Å². The second-order valence-corrected chi connectivity index (χ2v) is 4.94. The molecule has 1 saturated heterocycles. The van der Waals surface area contributed by atoms with Crippen molar-refractivity contribution in [2.75, 3.05) is 25.1 Å². The first-order valence-electron chi connectivity index (χ1n) is 6.28. The van der Waals surface area contributed by atoms with Crippen molar-refractivity contribution in [2.45, 2.75) is 19.4 Å². The Hall–Kier alpha value is -1.49. The molecule has 0 aliphatic carbocycles. The molecule has 2 atom stereocenters. The third kappa shape index (κ3) is 2.76. The molecule has 0 saturated carbocycles. The van der Waals surface area contributed by atoms with E-state index in [-0.39, 0.29) is 17.4 Å². The van der Waals surface area contributed by atoms with Gasteiger partial charge in [-0.2, -0.15) is 0 Å². The molecule has 1 aliphatic heterocycles. The SMILES string of the molecule is COC1CN(c2c(F)cc(C=O)cc2F)CCC1C. The Morgan fingerprint density at radius 2 is 2.00 bits per heavy atom. The Morgan fingerprint density at radius 1 is 1.37 bits per heavy atom. The van der Waals surface area contributed by atoms with E-state index in [1.54, 1.807) is 12.0 Å². The number of nitrogens with zero attached hydrogens (tertiary/aromatic N) is 1. The van der Waals surface area contributed by atoms with Crippen molar-refractivity contribution in [3.8, 4) is 0 Å². The van der Waals surface area contributed by atoms with Gasteiger partial charge >= 0.3 is 0 Å². The van der Waals surface area contributed by atoms with Crippen LogP contribution in [-0.2, 0) is 4.74 Å². The Balaban J connectivity index is 2.29. The van der Waals surface area contributed by atoms with Crippen LogP contribution in [0.1, 0.15) is 23.7 Å². The first-order chi connectivity index (χ1) is 9.06. The Labute approximate surface area is 111 Å². The van der Waals surface area contributed by atoms with Gasteiger partial charge in [-0.25, -0.2) is 8.78 Å². The monoisotopic (exact) mass is 269 g/mol. The van der Waals surface area contributed by atoms with E-state index in [1.807, 2.05) is 0 Å². The molecule has 1 heterocycles. The number of methoxy groups -OCH3 is 1. The summed E-state index contributed by atoms with van der Waals surface area (Å²) in [5, 5.41) is 0. The van der Waals surface area contributed by atoms with Gasteiger partial charge in [0.2, 0.25) is 0 Å². The maximum Gasteiger partial charge on any atom is 0.150 e. The molecule has 0 N–H and O–H groups in total.